The molecule has 5 heteroatoms. The molecule has 0 saturated carbocycles. The Hall–Kier alpha value is -1.29. The van der Waals surface area contributed by atoms with Crippen molar-refractivity contribution in [3.63, 3.8) is 0 Å². The number of hydrogen-bond acceptors (Lipinski definition) is 3. The molecule has 3 nitrogen and oxygen atoms in total. The van der Waals surface area contributed by atoms with Gasteiger partial charge in [0, 0.05) is 0 Å². The van der Waals surface area contributed by atoms with Crippen LogP contribution in [0.5, 0.6) is 0 Å². The first-order valence-corrected chi connectivity index (χ1v) is 3.56. The van der Waals surface area contributed by atoms with E-state index in [0.717, 1.165) is 6.20 Å². The standard InChI is InChI=1S/C7H3ClFN3/c8-7-6-4(9)1-10-2-5(6)11-3-12-7/h1-3H. The van der Waals surface area contributed by atoms with Crippen LogP contribution in [-0.4, -0.2) is 15.0 Å². The summed E-state index contributed by atoms with van der Waals surface area (Å²) in [6, 6.07) is 0. The van der Waals surface area contributed by atoms with Gasteiger partial charge in [-0.2, -0.15) is 0 Å². The van der Waals surface area contributed by atoms with E-state index in [1.165, 1.54) is 12.5 Å². The zero-order chi connectivity index (χ0) is 8.55. The third-order valence-corrected chi connectivity index (χ3v) is 1.74. The van der Waals surface area contributed by atoms with Gasteiger partial charge in [0.2, 0.25) is 0 Å². The van der Waals surface area contributed by atoms with Crippen LogP contribution in [0.25, 0.3) is 10.9 Å². The van der Waals surface area contributed by atoms with Crippen molar-refractivity contribution >= 4 is 22.5 Å². The summed E-state index contributed by atoms with van der Waals surface area (Å²) in [6.07, 6.45) is 3.79. The molecule has 2 rings (SSSR count). The van der Waals surface area contributed by atoms with Crippen LogP contribution in [0.2, 0.25) is 5.15 Å². The zero-order valence-corrected chi connectivity index (χ0v) is 6.59. The molecule has 0 fully saturated rings. The normalized spacial score (nSPS) is 10.5. The minimum atomic E-state index is -0.502. The minimum Gasteiger partial charge on any atom is -0.259 e. The molecule has 0 spiro atoms. The molecular weight excluding hydrogens is 181 g/mol. The van der Waals surface area contributed by atoms with E-state index in [9.17, 15) is 4.39 Å². The smallest absolute Gasteiger partial charge is 0.153 e. The molecule has 60 valence electrons. The van der Waals surface area contributed by atoms with Gasteiger partial charge in [-0.15, -0.1) is 0 Å². The maximum absolute atomic E-state index is 13.0. The summed E-state index contributed by atoms with van der Waals surface area (Å²) < 4.78 is 13.0. The van der Waals surface area contributed by atoms with Gasteiger partial charge in [0.25, 0.3) is 0 Å². The Bertz CT molecular complexity index is 395. The predicted octanol–water partition coefficient (Wildman–Crippen LogP) is 1.82. The third kappa shape index (κ3) is 1.00. The molecule has 0 aliphatic rings. The van der Waals surface area contributed by atoms with Crippen LogP contribution in [0.15, 0.2) is 18.7 Å². The summed E-state index contributed by atoms with van der Waals surface area (Å²) in [5.74, 6) is -0.502. The fraction of sp³-hybridized carbons (Fsp3) is 0. The second-order valence-corrected chi connectivity index (χ2v) is 2.54. The van der Waals surface area contributed by atoms with Crippen LogP contribution < -0.4 is 0 Å². The third-order valence-electron chi connectivity index (χ3n) is 1.45. The second-order valence-electron chi connectivity index (χ2n) is 2.18. The largest absolute Gasteiger partial charge is 0.259 e. The molecule has 0 saturated heterocycles. The lowest BCUT2D eigenvalue weighted by Gasteiger charge is -1.97. The lowest BCUT2D eigenvalue weighted by molar-refractivity contribution is 0.633. The van der Waals surface area contributed by atoms with Gasteiger partial charge in [-0.3, -0.25) is 4.98 Å². The number of hydrogen-bond donors (Lipinski definition) is 0. The Kier molecular flexibility index (Phi) is 1.62. The van der Waals surface area contributed by atoms with Crippen molar-refractivity contribution in [1.29, 1.82) is 0 Å². The highest BCUT2D eigenvalue weighted by atomic mass is 35.5. The van der Waals surface area contributed by atoms with Gasteiger partial charge >= 0.3 is 0 Å². The number of fused-ring (bicyclic) bond motifs is 1. The Morgan fingerprint density at radius 2 is 2.08 bits per heavy atom. The van der Waals surface area contributed by atoms with Gasteiger partial charge in [-0.1, -0.05) is 11.6 Å². The first-order valence-electron chi connectivity index (χ1n) is 3.19. The minimum absolute atomic E-state index is 0.111. The Labute approximate surface area is 72.2 Å². The zero-order valence-electron chi connectivity index (χ0n) is 5.83. The van der Waals surface area contributed by atoms with Crippen molar-refractivity contribution in [2.24, 2.45) is 0 Å². The van der Waals surface area contributed by atoms with E-state index >= 15 is 0 Å². The molecule has 0 aliphatic carbocycles. The van der Waals surface area contributed by atoms with Gasteiger partial charge < -0.3 is 0 Å². The predicted molar refractivity (Wildman–Crippen MR) is 42.3 cm³/mol. The van der Waals surface area contributed by atoms with Crippen LogP contribution in [0.4, 0.5) is 4.39 Å². The van der Waals surface area contributed by atoms with E-state index in [-0.39, 0.29) is 10.5 Å². The number of halogens is 2. The maximum Gasteiger partial charge on any atom is 0.153 e. The molecule has 12 heavy (non-hydrogen) atoms. The van der Waals surface area contributed by atoms with Crippen molar-refractivity contribution in [2.45, 2.75) is 0 Å². The molecule has 0 amide bonds. The van der Waals surface area contributed by atoms with Crippen molar-refractivity contribution in [1.82, 2.24) is 15.0 Å². The van der Waals surface area contributed by atoms with E-state index in [0.29, 0.717) is 5.52 Å². The average molecular weight is 184 g/mol. The van der Waals surface area contributed by atoms with Gasteiger partial charge in [0.05, 0.1) is 23.3 Å². The Balaban J connectivity index is 2.96. The van der Waals surface area contributed by atoms with Gasteiger partial charge in [-0.25, -0.2) is 14.4 Å². The fourth-order valence-corrected chi connectivity index (χ4v) is 1.16. The van der Waals surface area contributed by atoms with Gasteiger partial charge in [0.1, 0.15) is 11.5 Å². The summed E-state index contributed by atoms with van der Waals surface area (Å²) in [7, 11) is 0. The van der Waals surface area contributed by atoms with Crippen LogP contribution in [0.3, 0.4) is 0 Å². The topological polar surface area (TPSA) is 38.7 Å². The first-order chi connectivity index (χ1) is 5.79. The molecule has 0 bridgehead atoms. The number of aromatic nitrogens is 3. The summed E-state index contributed by atoms with van der Waals surface area (Å²) in [5, 5.41) is 0.328. The SMILES string of the molecule is Fc1cncc2ncnc(Cl)c12. The lowest BCUT2D eigenvalue weighted by atomic mass is 10.3. The highest BCUT2D eigenvalue weighted by Gasteiger charge is 2.05. The van der Waals surface area contributed by atoms with Crippen LogP contribution in [0.1, 0.15) is 0 Å². The van der Waals surface area contributed by atoms with Crippen LogP contribution in [-0.2, 0) is 0 Å². The highest BCUT2D eigenvalue weighted by Crippen LogP contribution is 2.20. The van der Waals surface area contributed by atoms with Crippen LogP contribution in [0, 0.1) is 5.82 Å². The van der Waals surface area contributed by atoms with Crippen molar-refractivity contribution in [3.8, 4) is 0 Å². The fourth-order valence-electron chi connectivity index (χ4n) is 0.933. The molecule has 0 N–H and O–H groups in total. The Morgan fingerprint density at radius 1 is 1.25 bits per heavy atom. The lowest BCUT2D eigenvalue weighted by Crippen LogP contribution is -1.88. The molecule has 0 radical (unpaired) electrons. The second kappa shape index (κ2) is 2.64. The van der Waals surface area contributed by atoms with E-state index in [1.54, 1.807) is 0 Å². The van der Waals surface area contributed by atoms with Crippen LogP contribution >= 0.6 is 11.6 Å². The number of nitrogens with zero attached hydrogens (tertiary/aromatic N) is 3. The van der Waals surface area contributed by atoms with E-state index in [4.69, 9.17) is 11.6 Å². The molecule has 2 aromatic rings. The van der Waals surface area contributed by atoms with E-state index < -0.39 is 5.82 Å². The van der Waals surface area contributed by atoms with E-state index in [1.807, 2.05) is 0 Å². The average Bonchev–Trinajstić information content (AvgIpc) is 2.04. The Morgan fingerprint density at radius 3 is 2.83 bits per heavy atom. The first kappa shape index (κ1) is 7.36. The summed E-state index contributed by atoms with van der Waals surface area (Å²) in [5.41, 5.74) is 0.412. The molecule has 2 aromatic heterocycles. The van der Waals surface area contributed by atoms with Gasteiger partial charge in [0.15, 0.2) is 5.82 Å². The maximum atomic E-state index is 13.0. The summed E-state index contributed by atoms with van der Waals surface area (Å²) in [6.45, 7) is 0. The van der Waals surface area contributed by atoms with Crippen molar-refractivity contribution < 1.29 is 4.39 Å². The highest BCUT2D eigenvalue weighted by molar-refractivity contribution is 6.34. The number of rotatable bonds is 0. The number of pyridine rings is 1. The molecule has 0 atom stereocenters. The molecular formula is C7H3ClFN3. The molecule has 0 aromatic carbocycles. The summed E-state index contributed by atoms with van der Waals surface area (Å²) in [4.78, 5) is 11.1. The van der Waals surface area contributed by atoms with Crippen molar-refractivity contribution in [2.75, 3.05) is 0 Å². The van der Waals surface area contributed by atoms with Crippen molar-refractivity contribution in [3.05, 3.63) is 29.7 Å². The summed E-state index contributed by atoms with van der Waals surface area (Å²) >= 11 is 5.64. The molecule has 2 heterocycles. The molecule has 0 aliphatic heterocycles. The van der Waals surface area contributed by atoms with Gasteiger partial charge in [-0.05, 0) is 0 Å². The monoisotopic (exact) mass is 183 g/mol. The molecule has 0 unspecified atom stereocenters. The van der Waals surface area contributed by atoms with E-state index in [2.05, 4.69) is 15.0 Å². The quantitative estimate of drug-likeness (QED) is 0.585.